The number of hydrogen-bond donors (Lipinski definition) is 1. The van der Waals surface area contributed by atoms with E-state index in [1.165, 1.54) is 0 Å². The Hall–Kier alpha value is -2.04. The summed E-state index contributed by atoms with van der Waals surface area (Å²) in [4.78, 5) is 16.3. The van der Waals surface area contributed by atoms with Crippen LogP contribution in [0.15, 0.2) is 29.6 Å². The van der Waals surface area contributed by atoms with Gasteiger partial charge in [0.1, 0.15) is 11.8 Å². The molecular formula is C16H17N3O2S2. The lowest BCUT2D eigenvalue weighted by Crippen LogP contribution is -2.12. The fourth-order valence-corrected chi connectivity index (χ4v) is 3.37. The Labute approximate surface area is 143 Å². The van der Waals surface area contributed by atoms with Gasteiger partial charge in [0, 0.05) is 35.1 Å². The van der Waals surface area contributed by atoms with Crippen molar-refractivity contribution in [3.05, 3.63) is 40.3 Å². The van der Waals surface area contributed by atoms with Crippen molar-refractivity contribution >= 4 is 34.7 Å². The van der Waals surface area contributed by atoms with Gasteiger partial charge in [0.25, 0.3) is 0 Å². The lowest BCUT2D eigenvalue weighted by molar-refractivity contribution is -0.115. The summed E-state index contributed by atoms with van der Waals surface area (Å²) in [6, 6.07) is 8.94. The van der Waals surface area contributed by atoms with Crippen molar-refractivity contribution in [1.82, 2.24) is 4.98 Å². The van der Waals surface area contributed by atoms with Gasteiger partial charge in [0.2, 0.25) is 5.91 Å². The zero-order valence-corrected chi connectivity index (χ0v) is 14.4. The number of nitriles is 1. The molecule has 1 aromatic heterocycles. The van der Waals surface area contributed by atoms with Crippen LogP contribution in [0.5, 0.6) is 5.75 Å². The third-order valence-electron chi connectivity index (χ3n) is 2.81. The highest BCUT2D eigenvalue weighted by Crippen LogP contribution is 2.18. The molecule has 0 saturated carbocycles. The van der Waals surface area contributed by atoms with Crippen molar-refractivity contribution in [3.63, 3.8) is 0 Å². The largest absolute Gasteiger partial charge is 0.479 e. The summed E-state index contributed by atoms with van der Waals surface area (Å²) in [5, 5.41) is 14.4. The normalized spacial score (nSPS) is 10.1. The topological polar surface area (TPSA) is 75.0 Å². The van der Waals surface area contributed by atoms with Gasteiger partial charge in [-0.25, -0.2) is 4.98 Å². The van der Waals surface area contributed by atoms with Crippen LogP contribution in [0.1, 0.15) is 17.1 Å². The number of thiazole rings is 1. The van der Waals surface area contributed by atoms with Gasteiger partial charge in [-0.05, 0) is 19.1 Å². The molecule has 0 aliphatic carbocycles. The first kappa shape index (κ1) is 17.3. The maximum absolute atomic E-state index is 11.9. The number of thioether (sulfide) groups is 1. The smallest absolute Gasteiger partial charge is 0.225 e. The number of carbonyl (C=O) groups excluding carboxylic acids is 1. The van der Waals surface area contributed by atoms with E-state index in [4.69, 9.17) is 10.00 Å². The average Bonchev–Trinajstić information content (AvgIpc) is 2.95. The Kier molecular flexibility index (Phi) is 6.91. The Morgan fingerprint density at radius 2 is 2.39 bits per heavy atom. The quantitative estimate of drug-likeness (QED) is 0.738. The molecule has 0 spiro atoms. The second kappa shape index (κ2) is 9.18. The van der Waals surface area contributed by atoms with E-state index in [-0.39, 0.29) is 12.5 Å². The second-order valence-corrected chi connectivity index (χ2v) is 6.85. The number of rotatable bonds is 8. The van der Waals surface area contributed by atoms with Crippen LogP contribution in [0.25, 0.3) is 0 Å². The van der Waals surface area contributed by atoms with E-state index in [0.717, 1.165) is 22.2 Å². The first-order valence-electron chi connectivity index (χ1n) is 7.06. The van der Waals surface area contributed by atoms with E-state index in [2.05, 4.69) is 15.7 Å². The molecule has 0 radical (unpaired) electrons. The molecule has 0 fully saturated rings. The highest BCUT2D eigenvalue weighted by molar-refractivity contribution is 7.98. The zero-order chi connectivity index (χ0) is 16.5. The molecule has 2 aromatic rings. The van der Waals surface area contributed by atoms with Crippen molar-refractivity contribution in [1.29, 1.82) is 5.26 Å². The molecule has 0 aliphatic heterocycles. The molecular weight excluding hydrogens is 330 g/mol. The van der Waals surface area contributed by atoms with E-state index in [1.807, 2.05) is 13.0 Å². The molecule has 23 heavy (non-hydrogen) atoms. The molecule has 1 amide bonds. The number of aromatic nitrogens is 1. The van der Waals surface area contributed by atoms with E-state index in [9.17, 15) is 4.79 Å². The summed E-state index contributed by atoms with van der Waals surface area (Å²) in [7, 11) is 0. The summed E-state index contributed by atoms with van der Waals surface area (Å²) in [5.74, 6) is 2.10. The first-order valence-corrected chi connectivity index (χ1v) is 9.09. The van der Waals surface area contributed by atoms with E-state index in [0.29, 0.717) is 17.9 Å². The second-order valence-electron chi connectivity index (χ2n) is 4.68. The molecule has 1 aromatic carbocycles. The van der Waals surface area contributed by atoms with Gasteiger partial charge in [0.15, 0.2) is 6.61 Å². The number of anilines is 1. The Balaban J connectivity index is 1.71. The van der Waals surface area contributed by atoms with Crippen LogP contribution < -0.4 is 10.1 Å². The van der Waals surface area contributed by atoms with Crippen molar-refractivity contribution in [2.24, 2.45) is 0 Å². The van der Waals surface area contributed by atoms with Crippen LogP contribution in [0.3, 0.4) is 0 Å². The molecule has 120 valence electrons. The third kappa shape index (κ3) is 6.30. The van der Waals surface area contributed by atoms with Crippen LogP contribution >= 0.6 is 23.1 Å². The molecule has 0 aliphatic rings. The molecule has 0 saturated heterocycles. The Bertz CT molecular complexity index is 695. The highest BCUT2D eigenvalue weighted by atomic mass is 32.2. The van der Waals surface area contributed by atoms with Gasteiger partial charge in [-0.3, -0.25) is 4.79 Å². The minimum atomic E-state index is -0.0376. The van der Waals surface area contributed by atoms with Crippen molar-refractivity contribution in [3.8, 4) is 11.8 Å². The van der Waals surface area contributed by atoms with Crippen molar-refractivity contribution < 1.29 is 9.53 Å². The first-order chi connectivity index (χ1) is 11.2. The third-order valence-corrected chi connectivity index (χ3v) is 4.63. The van der Waals surface area contributed by atoms with Gasteiger partial charge in [-0.2, -0.15) is 17.0 Å². The molecule has 5 nitrogen and oxygen atoms in total. The minimum Gasteiger partial charge on any atom is -0.479 e. The van der Waals surface area contributed by atoms with Crippen LogP contribution in [0, 0.1) is 18.3 Å². The molecule has 1 N–H and O–H groups in total. The lowest BCUT2D eigenvalue weighted by atomic mass is 10.3. The fraction of sp³-hybridized carbons (Fsp3) is 0.312. The average molecular weight is 347 g/mol. The number of hydrogen-bond acceptors (Lipinski definition) is 6. The molecule has 0 bridgehead atoms. The van der Waals surface area contributed by atoms with Gasteiger partial charge in [-0.15, -0.1) is 11.3 Å². The van der Waals surface area contributed by atoms with Gasteiger partial charge >= 0.3 is 0 Å². The number of nitrogens with one attached hydrogen (secondary N) is 1. The molecule has 0 unspecified atom stereocenters. The van der Waals surface area contributed by atoms with Gasteiger partial charge in [0.05, 0.1) is 10.7 Å². The minimum absolute atomic E-state index is 0.00979. The fourth-order valence-electron chi connectivity index (χ4n) is 1.82. The lowest BCUT2D eigenvalue weighted by Gasteiger charge is -2.07. The Morgan fingerprint density at radius 3 is 3.13 bits per heavy atom. The van der Waals surface area contributed by atoms with Gasteiger partial charge in [-0.1, -0.05) is 6.07 Å². The van der Waals surface area contributed by atoms with Crippen LogP contribution in [0.2, 0.25) is 0 Å². The number of amides is 1. The summed E-state index contributed by atoms with van der Waals surface area (Å²) in [6.07, 6.45) is 0.442. The van der Waals surface area contributed by atoms with Crippen molar-refractivity contribution in [2.75, 3.05) is 17.7 Å². The van der Waals surface area contributed by atoms with Crippen LogP contribution in [0.4, 0.5) is 5.69 Å². The maximum Gasteiger partial charge on any atom is 0.225 e. The number of aryl methyl sites for hydroxylation is 1. The van der Waals surface area contributed by atoms with Gasteiger partial charge < -0.3 is 10.1 Å². The predicted octanol–water partition coefficient (Wildman–Crippen LogP) is 3.62. The van der Waals surface area contributed by atoms with E-state index < -0.39 is 0 Å². The molecule has 0 atom stereocenters. The standard InChI is InChI=1S/C16H17N3O2S2/c1-12-18-14(11-23-12)10-22-8-5-16(20)19-13-3-2-4-15(9-13)21-7-6-17/h2-4,9,11H,5,7-8,10H2,1H3,(H,19,20). The number of carbonyl (C=O) groups is 1. The number of nitrogens with zero attached hydrogens (tertiary/aromatic N) is 2. The number of benzene rings is 1. The summed E-state index contributed by atoms with van der Waals surface area (Å²) < 4.78 is 5.20. The summed E-state index contributed by atoms with van der Waals surface area (Å²) in [5.41, 5.74) is 1.74. The van der Waals surface area contributed by atoms with Crippen molar-refractivity contribution in [2.45, 2.75) is 19.1 Å². The highest BCUT2D eigenvalue weighted by Gasteiger charge is 2.05. The zero-order valence-electron chi connectivity index (χ0n) is 12.7. The molecule has 2 rings (SSSR count). The summed E-state index contributed by atoms with van der Waals surface area (Å²) >= 11 is 3.34. The maximum atomic E-state index is 11.9. The molecule has 7 heteroatoms. The molecule has 1 heterocycles. The Morgan fingerprint density at radius 1 is 1.52 bits per heavy atom. The summed E-state index contributed by atoms with van der Waals surface area (Å²) in [6.45, 7) is 1.98. The number of ether oxygens (including phenoxy) is 1. The van der Waals surface area contributed by atoms with Crippen LogP contribution in [-0.4, -0.2) is 23.3 Å². The van der Waals surface area contributed by atoms with E-state index in [1.54, 1.807) is 47.4 Å². The monoisotopic (exact) mass is 347 g/mol. The van der Waals surface area contributed by atoms with Crippen LogP contribution in [-0.2, 0) is 10.5 Å². The SMILES string of the molecule is Cc1nc(CSCCC(=O)Nc2cccc(OCC#N)c2)cs1. The predicted molar refractivity (Wildman–Crippen MR) is 93.8 cm³/mol. The van der Waals surface area contributed by atoms with E-state index >= 15 is 0 Å².